The minimum atomic E-state index is 0.262. The molecule has 60 valence electrons. The van der Waals surface area contributed by atoms with Crippen molar-refractivity contribution in [2.24, 2.45) is 5.73 Å². The van der Waals surface area contributed by atoms with Crippen molar-refractivity contribution in [3.8, 4) is 0 Å². The molecule has 0 radical (unpaired) electrons. The number of nitrogens with two attached hydrogens (primary N) is 1. The number of thiazole rings is 1. The van der Waals surface area contributed by atoms with Crippen molar-refractivity contribution in [3.63, 3.8) is 0 Å². The summed E-state index contributed by atoms with van der Waals surface area (Å²) in [5.74, 6) is 0.749. The molecule has 0 spiro atoms. The smallest absolute Gasteiger partial charge is 0.169 e. The van der Waals surface area contributed by atoms with Crippen molar-refractivity contribution in [2.75, 3.05) is 5.32 Å². The molecule has 0 unspecified atom stereocenters. The molecule has 5 heteroatoms. The van der Waals surface area contributed by atoms with Crippen LogP contribution in [0.2, 0.25) is 0 Å². The van der Waals surface area contributed by atoms with Crippen LogP contribution >= 0.6 is 23.6 Å². The Kier molecular flexibility index (Phi) is 2.78. The Bertz CT molecular complexity index is 256. The first-order valence-electron chi connectivity index (χ1n) is 3.23. The lowest BCUT2D eigenvalue weighted by Crippen LogP contribution is -2.18. The van der Waals surface area contributed by atoms with E-state index in [0.717, 1.165) is 17.2 Å². The van der Waals surface area contributed by atoms with Crippen LogP contribution in [0.15, 0.2) is 5.38 Å². The third-order valence-corrected chi connectivity index (χ3v) is 2.20. The predicted molar refractivity (Wildman–Crippen MR) is 51.9 cm³/mol. The first-order valence-corrected chi connectivity index (χ1v) is 4.52. The lowest BCUT2D eigenvalue weighted by atomic mass is 10.5. The van der Waals surface area contributed by atoms with E-state index in [-0.39, 0.29) is 5.11 Å². The zero-order valence-corrected chi connectivity index (χ0v) is 7.76. The number of nitrogens with one attached hydrogen (secondary N) is 1. The van der Waals surface area contributed by atoms with Crippen molar-refractivity contribution >= 4 is 34.5 Å². The van der Waals surface area contributed by atoms with E-state index in [0.29, 0.717) is 0 Å². The Morgan fingerprint density at radius 1 is 1.91 bits per heavy atom. The van der Waals surface area contributed by atoms with Gasteiger partial charge in [-0.1, -0.05) is 6.92 Å². The van der Waals surface area contributed by atoms with Crippen LogP contribution in [0.25, 0.3) is 0 Å². The normalized spacial score (nSPS) is 9.55. The first-order chi connectivity index (χ1) is 5.22. The second kappa shape index (κ2) is 3.64. The fraction of sp³-hybridized carbons (Fsp3) is 0.333. The number of hydrogen-bond acceptors (Lipinski definition) is 3. The van der Waals surface area contributed by atoms with Gasteiger partial charge in [0, 0.05) is 5.38 Å². The highest BCUT2D eigenvalue weighted by atomic mass is 32.1. The molecule has 0 aliphatic heterocycles. The van der Waals surface area contributed by atoms with Crippen LogP contribution in [0.1, 0.15) is 11.9 Å². The van der Waals surface area contributed by atoms with E-state index in [9.17, 15) is 0 Å². The molecule has 1 aromatic heterocycles. The van der Waals surface area contributed by atoms with Gasteiger partial charge in [0.05, 0.1) is 5.01 Å². The lowest BCUT2D eigenvalue weighted by Gasteiger charge is -1.95. The molecule has 0 saturated carbocycles. The van der Waals surface area contributed by atoms with E-state index in [1.54, 1.807) is 11.3 Å². The average molecular weight is 187 g/mol. The molecule has 1 rings (SSSR count). The van der Waals surface area contributed by atoms with Crippen LogP contribution in [-0.4, -0.2) is 10.1 Å². The summed E-state index contributed by atoms with van der Waals surface area (Å²) in [6.07, 6.45) is 0.948. The van der Waals surface area contributed by atoms with Crippen molar-refractivity contribution in [3.05, 3.63) is 10.4 Å². The summed E-state index contributed by atoms with van der Waals surface area (Å²) in [7, 11) is 0. The fourth-order valence-corrected chi connectivity index (χ4v) is 1.44. The highest BCUT2D eigenvalue weighted by molar-refractivity contribution is 7.80. The number of aromatic nitrogens is 1. The van der Waals surface area contributed by atoms with Gasteiger partial charge in [-0.3, -0.25) is 0 Å². The molecule has 11 heavy (non-hydrogen) atoms. The number of aryl methyl sites for hydroxylation is 1. The zero-order chi connectivity index (χ0) is 8.27. The van der Waals surface area contributed by atoms with Gasteiger partial charge in [-0.05, 0) is 18.6 Å². The quantitative estimate of drug-likeness (QED) is 0.686. The Morgan fingerprint density at radius 3 is 3.09 bits per heavy atom. The van der Waals surface area contributed by atoms with Crippen LogP contribution in [0.5, 0.6) is 0 Å². The van der Waals surface area contributed by atoms with Crippen LogP contribution in [0, 0.1) is 0 Å². The Hall–Kier alpha value is -0.680. The lowest BCUT2D eigenvalue weighted by molar-refractivity contribution is 1.10. The predicted octanol–water partition coefficient (Wildman–Crippen LogP) is 1.36. The highest BCUT2D eigenvalue weighted by Gasteiger charge is 1.98. The average Bonchev–Trinajstić information content (AvgIpc) is 2.34. The van der Waals surface area contributed by atoms with E-state index >= 15 is 0 Å². The molecule has 0 aliphatic carbocycles. The molecule has 0 amide bonds. The highest BCUT2D eigenvalue weighted by Crippen LogP contribution is 2.13. The number of anilines is 1. The van der Waals surface area contributed by atoms with Gasteiger partial charge in [0.2, 0.25) is 0 Å². The van der Waals surface area contributed by atoms with Gasteiger partial charge in [-0.25, -0.2) is 4.98 Å². The summed E-state index contributed by atoms with van der Waals surface area (Å²) in [6, 6.07) is 0. The van der Waals surface area contributed by atoms with Crippen LogP contribution in [0.4, 0.5) is 5.82 Å². The van der Waals surface area contributed by atoms with E-state index < -0.39 is 0 Å². The van der Waals surface area contributed by atoms with Crippen molar-refractivity contribution in [1.82, 2.24) is 4.98 Å². The van der Waals surface area contributed by atoms with E-state index in [1.165, 1.54) is 0 Å². The molecular weight excluding hydrogens is 178 g/mol. The minimum absolute atomic E-state index is 0.262. The van der Waals surface area contributed by atoms with Gasteiger partial charge in [0.1, 0.15) is 5.82 Å². The minimum Gasteiger partial charge on any atom is -0.376 e. The van der Waals surface area contributed by atoms with Gasteiger partial charge in [0.15, 0.2) is 5.11 Å². The molecule has 0 aliphatic rings. The topological polar surface area (TPSA) is 50.9 Å². The zero-order valence-electron chi connectivity index (χ0n) is 6.13. The van der Waals surface area contributed by atoms with Crippen molar-refractivity contribution in [1.29, 1.82) is 0 Å². The first kappa shape index (κ1) is 8.42. The Morgan fingerprint density at radius 2 is 2.64 bits per heavy atom. The van der Waals surface area contributed by atoms with E-state index in [4.69, 9.17) is 5.73 Å². The molecule has 1 aromatic rings. The maximum atomic E-state index is 5.26. The fourth-order valence-electron chi connectivity index (χ4n) is 0.657. The van der Waals surface area contributed by atoms with E-state index in [1.807, 2.05) is 5.38 Å². The number of thiocarbonyl (C=S) groups is 1. The van der Waals surface area contributed by atoms with Gasteiger partial charge >= 0.3 is 0 Å². The molecule has 3 N–H and O–H groups in total. The SMILES string of the molecule is CCc1nc(NC(N)=S)cs1. The van der Waals surface area contributed by atoms with Crippen LogP contribution < -0.4 is 11.1 Å². The maximum Gasteiger partial charge on any atom is 0.169 e. The van der Waals surface area contributed by atoms with Gasteiger partial charge in [-0.2, -0.15) is 0 Å². The van der Waals surface area contributed by atoms with Gasteiger partial charge < -0.3 is 11.1 Å². The van der Waals surface area contributed by atoms with E-state index in [2.05, 4.69) is 29.4 Å². The Labute approximate surface area is 74.6 Å². The maximum absolute atomic E-state index is 5.26. The van der Waals surface area contributed by atoms with Crippen molar-refractivity contribution in [2.45, 2.75) is 13.3 Å². The third kappa shape index (κ3) is 2.44. The summed E-state index contributed by atoms with van der Waals surface area (Å²) >= 11 is 6.26. The summed E-state index contributed by atoms with van der Waals surface area (Å²) in [5.41, 5.74) is 5.26. The van der Waals surface area contributed by atoms with Crippen LogP contribution in [-0.2, 0) is 6.42 Å². The summed E-state index contributed by atoms with van der Waals surface area (Å²) in [4.78, 5) is 4.21. The molecule has 0 atom stereocenters. The van der Waals surface area contributed by atoms with Crippen LogP contribution in [0.3, 0.4) is 0 Å². The second-order valence-electron chi connectivity index (χ2n) is 1.97. The summed E-state index contributed by atoms with van der Waals surface area (Å²) < 4.78 is 0. The summed E-state index contributed by atoms with van der Waals surface area (Å²) in [5, 5.41) is 6.02. The molecule has 0 saturated heterocycles. The molecule has 0 bridgehead atoms. The number of nitrogens with zero attached hydrogens (tertiary/aromatic N) is 1. The number of rotatable bonds is 2. The Balaban J connectivity index is 2.65. The standard InChI is InChI=1S/C6H9N3S2/c1-2-5-8-4(3-11-5)9-6(7)10/h3H,2H2,1H3,(H3,7,9,10). The molecule has 0 aromatic carbocycles. The molecule has 1 heterocycles. The molecule has 3 nitrogen and oxygen atoms in total. The molecule has 0 fully saturated rings. The second-order valence-corrected chi connectivity index (χ2v) is 3.35. The monoisotopic (exact) mass is 187 g/mol. The van der Waals surface area contributed by atoms with Gasteiger partial charge in [-0.15, -0.1) is 11.3 Å². The van der Waals surface area contributed by atoms with Gasteiger partial charge in [0.25, 0.3) is 0 Å². The summed E-state index contributed by atoms with van der Waals surface area (Å²) in [6.45, 7) is 2.06. The molecular formula is C6H9N3S2. The van der Waals surface area contributed by atoms with Crippen molar-refractivity contribution < 1.29 is 0 Å². The number of hydrogen-bond donors (Lipinski definition) is 2. The third-order valence-electron chi connectivity index (χ3n) is 1.11. The largest absolute Gasteiger partial charge is 0.376 e.